The lowest BCUT2D eigenvalue weighted by molar-refractivity contribution is -0.134. The third-order valence-electron chi connectivity index (χ3n) is 15.2. The smallest absolute Gasteiger partial charge is 0.335 e. The zero-order valence-corrected chi connectivity index (χ0v) is 53.3. The highest BCUT2D eigenvalue weighted by Gasteiger charge is 2.32. The van der Waals surface area contributed by atoms with Crippen molar-refractivity contribution in [3.8, 4) is 0 Å². The number of carbonyl (C=O) groups is 10. The third kappa shape index (κ3) is 27.1. The van der Waals surface area contributed by atoms with Crippen molar-refractivity contribution < 1.29 is 99.5 Å². The molecule has 2 saturated heterocycles. The Kier molecular flexibility index (Phi) is 33.8. The van der Waals surface area contributed by atoms with Crippen LogP contribution in [0.15, 0.2) is 152 Å². The fraction of sp³-hybridized carbons (Fsp3) is 0.313. The standard InChI is InChI=1S/C17H18N2O4.2C13H16N2O4.C13H18N2O4.C11H14N2O4/c20-16(19-23)15(10-12-5-2-1-3-6-12)18-11-13-7-4-8-14(9-13)17(21)22;2*16-12(14-19)11-5-2-6-15(11)8-9-3-1-4-10(7-9)13(17)18;1-8(2)11(12(16)15-19)14-7-9-4-3-5-10(6-9)13(17)18;1-7(10(14)13-17)12-6-8-3-2-4-9(5-8)11(15)16/h1-9,15,18,23H,10-11H2,(H,19,20)(H,21,22);2*1,3-4,7,11,19H,2,5-6,8H2,(H,14,16)(H,17,18);3-6,8,11,14,19H,7H2,1-2H3,(H,15,16)(H,17,18);2-5,7,12,17H,6H2,1H3,(H,13,14)(H,15,16)/t15-;3*11-;7-/m01000/s1. The lowest BCUT2D eigenvalue weighted by Crippen LogP contribution is -2.46. The van der Waals surface area contributed by atoms with E-state index in [0.29, 0.717) is 52.0 Å². The largest absolute Gasteiger partial charge is 0.478 e. The first kappa shape index (κ1) is 79.1. The van der Waals surface area contributed by atoms with Gasteiger partial charge in [-0.15, -0.1) is 0 Å². The number of hydroxylamine groups is 5. The number of aromatic carboxylic acids is 5. The number of carboxylic acid groups (broad SMARTS) is 5. The van der Waals surface area contributed by atoms with E-state index in [1.54, 1.807) is 102 Å². The van der Waals surface area contributed by atoms with Crippen molar-refractivity contribution in [3.63, 3.8) is 0 Å². The molecule has 6 aromatic rings. The van der Waals surface area contributed by atoms with Gasteiger partial charge in [0.1, 0.15) is 0 Å². The molecule has 0 radical (unpaired) electrons. The molecule has 2 aliphatic heterocycles. The van der Waals surface area contributed by atoms with E-state index in [-0.39, 0.29) is 45.8 Å². The van der Waals surface area contributed by atoms with Crippen LogP contribution in [-0.2, 0) is 63.1 Å². The van der Waals surface area contributed by atoms with Gasteiger partial charge in [-0.3, -0.25) is 59.8 Å². The Morgan fingerprint density at radius 1 is 0.392 bits per heavy atom. The van der Waals surface area contributed by atoms with E-state index in [2.05, 4.69) is 16.0 Å². The number of carbonyl (C=O) groups excluding carboxylic acids is 5. The summed E-state index contributed by atoms with van der Waals surface area (Å²) in [5, 5.41) is 96.7. The molecular formula is C67H82N10O20. The van der Waals surface area contributed by atoms with Crippen molar-refractivity contribution in [1.29, 1.82) is 0 Å². The Balaban J connectivity index is 0.000000259. The van der Waals surface area contributed by atoms with Crippen LogP contribution in [0, 0.1) is 5.92 Å². The van der Waals surface area contributed by atoms with Crippen LogP contribution in [0.5, 0.6) is 0 Å². The Bertz CT molecular complexity index is 3490. The van der Waals surface area contributed by atoms with Crippen LogP contribution in [0.2, 0.25) is 0 Å². The first-order valence-corrected chi connectivity index (χ1v) is 30.4. The van der Waals surface area contributed by atoms with E-state index in [0.717, 1.165) is 59.3 Å². The lowest BCUT2D eigenvalue weighted by Gasteiger charge is -2.22. The predicted octanol–water partition coefficient (Wildman–Crippen LogP) is 4.67. The van der Waals surface area contributed by atoms with E-state index < -0.39 is 77.5 Å². The summed E-state index contributed by atoms with van der Waals surface area (Å²) in [7, 11) is 0. The van der Waals surface area contributed by atoms with Crippen molar-refractivity contribution in [2.75, 3.05) is 13.1 Å². The minimum absolute atomic E-state index is 0.00481. The van der Waals surface area contributed by atoms with Gasteiger partial charge in [0.25, 0.3) is 29.5 Å². The molecule has 0 saturated carbocycles. The minimum atomic E-state index is -0.999. The fourth-order valence-electron chi connectivity index (χ4n) is 10.1. The predicted molar refractivity (Wildman–Crippen MR) is 346 cm³/mol. The summed E-state index contributed by atoms with van der Waals surface area (Å²) in [6.45, 7) is 8.80. The van der Waals surface area contributed by atoms with E-state index in [4.69, 9.17) is 51.6 Å². The summed E-state index contributed by atoms with van der Waals surface area (Å²) >= 11 is 0. The maximum absolute atomic E-state index is 11.8. The molecule has 5 amide bonds. The van der Waals surface area contributed by atoms with Gasteiger partial charge in [0.05, 0.1) is 58.0 Å². The van der Waals surface area contributed by atoms with E-state index in [1.807, 2.05) is 66.1 Å². The Labute approximate surface area is 557 Å². The molecular weight excluding hydrogens is 1260 g/mol. The van der Waals surface area contributed by atoms with Crippen molar-refractivity contribution in [2.24, 2.45) is 5.92 Å². The summed E-state index contributed by atoms with van der Waals surface area (Å²) < 4.78 is 0. The zero-order chi connectivity index (χ0) is 71.6. The molecule has 0 spiro atoms. The quantitative estimate of drug-likeness (QED) is 0.0259. The molecule has 6 aromatic carbocycles. The molecule has 30 heteroatoms. The number of carboxylic acids is 5. The van der Waals surface area contributed by atoms with E-state index in [9.17, 15) is 47.9 Å². The Morgan fingerprint density at radius 3 is 1.06 bits per heavy atom. The number of nitrogens with zero attached hydrogens (tertiary/aromatic N) is 2. The van der Waals surface area contributed by atoms with Crippen molar-refractivity contribution in [1.82, 2.24) is 53.2 Å². The van der Waals surface area contributed by atoms with E-state index in [1.165, 1.54) is 41.9 Å². The van der Waals surface area contributed by atoms with Crippen molar-refractivity contribution >= 4 is 59.4 Å². The van der Waals surface area contributed by atoms with Gasteiger partial charge in [-0.25, -0.2) is 51.4 Å². The molecule has 0 bridgehead atoms. The van der Waals surface area contributed by atoms with E-state index >= 15 is 0 Å². The monoisotopic (exact) mass is 1350 g/mol. The number of hydrogen-bond donors (Lipinski definition) is 18. The van der Waals surface area contributed by atoms with Crippen LogP contribution in [0.25, 0.3) is 0 Å². The highest BCUT2D eigenvalue weighted by molar-refractivity contribution is 5.90. The van der Waals surface area contributed by atoms with Crippen LogP contribution in [0.4, 0.5) is 0 Å². The maximum Gasteiger partial charge on any atom is 0.335 e. The molecule has 30 nitrogen and oxygen atoms in total. The fourth-order valence-corrected chi connectivity index (χ4v) is 10.1. The maximum atomic E-state index is 11.8. The first-order valence-electron chi connectivity index (χ1n) is 30.4. The second-order valence-electron chi connectivity index (χ2n) is 22.5. The number of rotatable bonds is 26. The lowest BCUT2D eigenvalue weighted by atomic mass is 10.0. The van der Waals surface area contributed by atoms with Gasteiger partial charge in [0, 0.05) is 32.7 Å². The summed E-state index contributed by atoms with van der Waals surface area (Å²) in [5.41, 5.74) is 14.1. The zero-order valence-electron chi connectivity index (χ0n) is 53.3. The van der Waals surface area contributed by atoms with Gasteiger partial charge in [-0.05, 0) is 152 Å². The molecule has 97 heavy (non-hydrogen) atoms. The van der Waals surface area contributed by atoms with Gasteiger partial charge in [0.2, 0.25) is 0 Å². The topological polar surface area (TPSA) is 476 Å². The average Bonchev–Trinajstić information content (AvgIpc) is 1.78. The van der Waals surface area contributed by atoms with Gasteiger partial charge in [0.15, 0.2) is 0 Å². The molecule has 0 aliphatic carbocycles. The van der Waals surface area contributed by atoms with Gasteiger partial charge < -0.3 is 41.5 Å². The van der Waals surface area contributed by atoms with Crippen LogP contribution in [0.1, 0.15) is 132 Å². The second kappa shape index (κ2) is 41.4. The molecule has 520 valence electrons. The number of nitrogens with one attached hydrogen (secondary N) is 8. The summed E-state index contributed by atoms with van der Waals surface area (Å²) in [4.78, 5) is 115. The van der Waals surface area contributed by atoms with Gasteiger partial charge in [-0.1, -0.05) is 105 Å². The number of likely N-dealkylation sites (tertiary alicyclic amines) is 2. The van der Waals surface area contributed by atoms with Crippen molar-refractivity contribution in [3.05, 3.63) is 213 Å². The highest BCUT2D eigenvalue weighted by atomic mass is 16.5. The molecule has 0 unspecified atom stereocenters. The summed E-state index contributed by atoms with van der Waals surface area (Å²) in [6.07, 6.45) is 3.58. The number of benzene rings is 6. The summed E-state index contributed by atoms with van der Waals surface area (Å²) in [6, 6.07) is 39.7. The Morgan fingerprint density at radius 2 is 0.722 bits per heavy atom. The molecule has 2 fully saturated rings. The normalized spacial score (nSPS) is 14.8. The molecule has 8 rings (SSSR count). The number of hydrogen-bond acceptors (Lipinski definition) is 20. The third-order valence-corrected chi connectivity index (χ3v) is 15.2. The molecule has 0 aromatic heterocycles. The van der Waals surface area contributed by atoms with Crippen LogP contribution in [-0.4, -0.2) is 164 Å². The van der Waals surface area contributed by atoms with Gasteiger partial charge in [-0.2, -0.15) is 0 Å². The highest BCUT2D eigenvalue weighted by Crippen LogP contribution is 2.23. The average molecular weight is 1350 g/mol. The summed E-state index contributed by atoms with van der Waals surface area (Å²) in [5.74, 6) is -7.33. The SMILES string of the molecule is CC(C)[C@H](NCc1cccc(C(=O)O)c1)C(=O)NO.C[C@H](NCc1cccc(C(=O)O)c1)C(=O)NO.O=C(O)c1cccc(CN2CCC[C@@H]2C(=O)NO)c1.O=C(O)c1cccc(CN2CCC[C@H]2C(=O)NO)c1.O=C(O)c1cccc(CN[C@@H](Cc2ccccc2)C(=O)NO)c1. The molecule has 18 N–H and O–H groups in total. The van der Waals surface area contributed by atoms with Crippen LogP contribution >= 0.6 is 0 Å². The first-order chi connectivity index (χ1) is 46.3. The van der Waals surface area contributed by atoms with Crippen molar-refractivity contribution in [2.45, 2.75) is 116 Å². The van der Waals surface area contributed by atoms with Gasteiger partial charge >= 0.3 is 29.8 Å². The second-order valence-corrected chi connectivity index (χ2v) is 22.5. The number of amides is 5. The molecule has 2 heterocycles. The van der Waals surface area contributed by atoms with Crippen LogP contribution in [0.3, 0.4) is 0 Å². The Hall–Kier alpha value is -10.4. The molecule has 2 aliphatic rings. The van der Waals surface area contributed by atoms with Crippen LogP contribution < -0.4 is 43.4 Å². The molecule has 5 atom stereocenters. The minimum Gasteiger partial charge on any atom is -0.478 e.